The zero-order valence-corrected chi connectivity index (χ0v) is 11.5. The molecule has 2 aromatic carbocycles. The summed E-state index contributed by atoms with van der Waals surface area (Å²) in [6.45, 7) is 0. The summed E-state index contributed by atoms with van der Waals surface area (Å²) in [4.78, 5) is 32.0. The van der Waals surface area contributed by atoms with Crippen LogP contribution in [0.5, 0.6) is 5.75 Å². The van der Waals surface area contributed by atoms with Gasteiger partial charge in [-0.3, -0.25) is 20.2 Å². The van der Waals surface area contributed by atoms with E-state index in [1.54, 1.807) is 0 Å². The molecule has 23 heavy (non-hydrogen) atoms. The maximum Gasteiger partial charge on any atom is 0.343 e. The van der Waals surface area contributed by atoms with Crippen molar-refractivity contribution in [2.75, 3.05) is 11.5 Å². The molecule has 0 bridgehead atoms. The number of nitrogens with zero attached hydrogens (tertiary/aromatic N) is 2. The van der Waals surface area contributed by atoms with Crippen LogP contribution in [0.25, 0.3) is 0 Å². The molecule has 2 aromatic rings. The second kappa shape index (κ2) is 5.97. The van der Waals surface area contributed by atoms with Crippen LogP contribution in [0, 0.1) is 20.2 Å². The molecule has 0 atom stereocenters. The number of ether oxygens (including phenoxy) is 1. The highest BCUT2D eigenvalue weighted by Gasteiger charge is 2.23. The van der Waals surface area contributed by atoms with Crippen LogP contribution in [0.2, 0.25) is 0 Å². The first-order valence-electron chi connectivity index (χ1n) is 6.09. The number of nitro groups is 2. The Kier molecular flexibility index (Phi) is 4.07. The van der Waals surface area contributed by atoms with Crippen LogP contribution >= 0.6 is 0 Å². The van der Waals surface area contributed by atoms with Crippen molar-refractivity contribution in [1.29, 1.82) is 0 Å². The monoisotopic (exact) mass is 318 g/mol. The lowest BCUT2D eigenvalue weighted by molar-refractivity contribution is -0.394. The number of anilines is 2. The minimum atomic E-state index is -0.930. The summed E-state index contributed by atoms with van der Waals surface area (Å²) in [5, 5.41) is 21.6. The number of benzene rings is 2. The Labute approximate surface area is 128 Å². The standard InChI is InChI=1S/C13H10N4O6/c14-8-3-7(4-9(15)5-8)13(18)23-12-2-1-10(16(19)20)6-11(12)17(21)22/h1-6H,14-15H2. The van der Waals surface area contributed by atoms with Gasteiger partial charge in [-0.15, -0.1) is 0 Å². The van der Waals surface area contributed by atoms with E-state index in [0.29, 0.717) is 6.07 Å². The number of non-ortho nitro benzene ring substituents is 1. The zero-order chi connectivity index (χ0) is 17.1. The van der Waals surface area contributed by atoms with Crippen molar-refractivity contribution in [3.8, 4) is 5.75 Å². The summed E-state index contributed by atoms with van der Waals surface area (Å²) in [5.41, 5.74) is 10.3. The zero-order valence-electron chi connectivity index (χ0n) is 11.5. The summed E-state index contributed by atoms with van der Waals surface area (Å²) < 4.78 is 4.92. The second-order valence-corrected chi connectivity index (χ2v) is 4.44. The van der Waals surface area contributed by atoms with Crippen molar-refractivity contribution in [2.45, 2.75) is 0 Å². The van der Waals surface area contributed by atoms with E-state index in [1.165, 1.54) is 18.2 Å². The maximum absolute atomic E-state index is 12.0. The predicted octanol–water partition coefficient (Wildman–Crippen LogP) is 1.89. The summed E-state index contributed by atoms with van der Waals surface area (Å²) in [6.07, 6.45) is 0. The molecule has 2 rings (SSSR count). The summed E-state index contributed by atoms with van der Waals surface area (Å²) in [7, 11) is 0. The molecule has 0 saturated carbocycles. The maximum atomic E-state index is 12.0. The van der Waals surface area contributed by atoms with Crippen molar-refractivity contribution in [3.63, 3.8) is 0 Å². The molecule has 118 valence electrons. The lowest BCUT2D eigenvalue weighted by atomic mass is 10.2. The quantitative estimate of drug-likeness (QED) is 0.283. The number of nitrogens with two attached hydrogens (primary N) is 2. The van der Waals surface area contributed by atoms with E-state index < -0.39 is 32.9 Å². The first-order valence-corrected chi connectivity index (χ1v) is 6.09. The minimum Gasteiger partial charge on any atom is -0.416 e. The van der Waals surface area contributed by atoms with E-state index in [2.05, 4.69) is 0 Å². The van der Waals surface area contributed by atoms with Crippen molar-refractivity contribution in [2.24, 2.45) is 0 Å². The smallest absolute Gasteiger partial charge is 0.343 e. The van der Waals surface area contributed by atoms with Crippen LogP contribution in [0.15, 0.2) is 36.4 Å². The van der Waals surface area contributed by atoms with Crippen LogP contribution in [0.1, 0.15) is 10.4 Å². The highest BCUT2D eigenvalue weighted by atomic mass is 16.6. The van der Waals surface area contributed by atoms with Gasteiger partial charge in [0, 0.05) is 17.4 Å². The van der Waals surface area contributed by atoms with Crippen molar-refractivity contribution in [3.05, 3.63) is 62.2 Å². The molecular formula is C13H10N4O6. The van der Waals surface area contributed by atoms with Crippen LogP contribution in [-0.4, -0.2) is 15.8 Å². The third kappa shape index (κ3) is 3.50. The molecular weight excluding hydrogens is 308 g/mol. The normalized spacial score (nSPS) is 10.1. The highest BCUT2D eigenvalue weighted by Crippen LogP contribution is 2.31. The number of hydrogen-bond acceptors (Lipinski definition) is 8. The van der Waals surface area contributed by atoms with E-state index in [1.807, 2.05) is 0 Å². The van der Waals surface area contributed by atoms with Crippen LogP contribution < -0.4 is 16.2 Å². The van der Waals surface area contributed by atoms with Crippen molar-refractivity contribution < 1.29 is 19.4 Å². The molecule has 0 aliphatic heterocycles. The molecule has 0 aliphatic rings. The van der Waals surface area contributed by atoms with Crippen molar-refractivity contribution in [1.82, 2.24) is 0 Å². The Morgan fingerprint density at radius 3 is 2.09 bits per heavy atom. The Bertz CT molecular complexity index is 800. The second-order valence-electron chi connectivity index (χ2n) is 4.44. The van der Waals surface area contributed by atoms with E-state index >= 15 is 0 Å². The van der Waals surface area contributed by atoms with Crippen LogP contribution in [-0.2, 0) is 0 Å². The van der Waals surface area contributed by atoms with Gasteiger partial charge in [0.2, 0.25) is 5.75 Å². The molecule has 0 radical (unpaired) electrons. The van der Waals surface area contributed by atoms with Gasteiger partial charge in [-0.1, -0.05) is 0 Å². The van der Waals surface area contributed by atoms with Gasteiger partial charge in [0.1, 0.15) is 0 Å². The highest BCUT2D eigenvalue weighted by molar-refractivity contribution is 5.93. The fraction of sp³-hybridized carbons (Fsp3) is 0. The first-order chi connectivity index (χ1) is 10.8. The van der Waals surface area contributed by atoms with Gasteiger partial charge >= 0.3 is 11.7 Å². The topological polar surface area (TPSA) is 165 Å². The fourth-order valence-electron chi connectivity index (χ4n) is 1.80. The molecule has 0 saturated heterocycles. The van der Waals surface area contributed by atoms with E-state index in [0.717, 1.165) is 12.1 Å². The third-order valence-electron chi connectivity index (χ3n) is 2.77. The van der Waals surface area contributed by atoms with Crippen LogP contribution in [0.3, 0.4) is 0 Å². The average Bonchev–Trinajstić information content (AvgIpc) is 2.46. The molecule has 0 amide bonds. The van der Waals surface area contributed by atoms with Gasteiger partial charge < -0.3 is 16.2 Å². The number of nitro benzene ring substituents is 2. The van der Waals surface area contributed by atoms with E-state index in [9.17, 15) is 25.0 Å². The predicted molar refractivity (Wildman–Crippen MR) is 80.0 cm³/mol. The molecule has 10 nitrogen and oxygen atoms in total. The molecule has 0 heterocycles. The minimum absolute atomic E-state index is 0.00449. The molecule has 0 aromatic heterocycles. The molecule has 0 unspecified atom stereocenters. The van der Waals surface area contributed by atoms with Gasteiger partial charge in [0.15, 0.2) is 0 Å². The van der Waals surface area contributed by atoms with Crippen LogP contribution in [0.4, 0.5) is 22.7 Å². The Morgan fingerprint density at radius 1 is 0.957 bits per heavy atom. The average molecular weight is 318 g/mol. The lowest BCUT2D eigenvalue weighted by Gasteiger charge is -2.06. The van der Waals surface area contributed by atoms with Gasteiger partial charge in [0.25, 0.3) is 5.69 Å². The molecule has 4 N–H and O–H groups in total. The van der Waals surface area contributed by atoms with Crippen molar-refractivity contribution >= 4 is 28.7 Å². The summed E-state index contributed by atoms with van der Waals surface area (Å²) in [5.74, 6) is -1.35. The van der Waals surface area contributed by atoms with E-state index in [-0.39, 0.29) is 16.9 Å². The van der Waals surface area contributed by atoms with Gasteiger partial charge in [-0.2, -0.15) is 0 Å². The lowest BCUT2D eigenvalue weighted by Crippen LogP contribution is -2.11. The molecule has 0 fully saturated rings. The largest absolute Gasteiger partial charge is 0.416 e. The molecule has 0 aliphatic carbocycles. The Balaban J connectivity index is 2.37. The first kappa shape index (κ1) is 15.7. The van der Waals surface area contributed by atoms with Gasteiger partial charge in [-0.05, 0) is 24.3 Å². The van der Waals surface area contributed by atoms with Gasteiger partial charge in [0.05, 0.1) is 21.5 Å². The number of esters is 1. The summed E-state index contributed by atoms with van der Waals surface area (Å²) in [6, 6.07) is 6.67. The Hall–Kier alpha value is -3.69. The molecule has 10 heteroatoms. The number of hydrogen-bond donors (Lipinski definition) is 2. The molecule has 0 spiro atoms. The van der Waals surface area contributed by atoms with E-state index in [4.69, 9.17) is 16.2 Å². The summed E-state index contributed by atoms with van der Waals surface area (Å²) >= 11 is 0. The Morgan fingerprint density at radius 2 is 1.57 bits per heavy atom. The third-order valence-corrected chi connectivity index (χ3v) is 2.77. The van der Waals surface area contributed by atoms with Gasteiger partial charge in [-0.25, -0.2) is 4.79 Å². The number of carbonyl (C=O) groups is 1. The SMILES string of the molecule is Nc1cc(N)cc(C(=O)Oc2ccc([N+](=O)[O-])cc2[N+](=O)[O-])c1. The number of rotatable bonds is 4. The fourth-order valence-corrected chi connectivity index (χ4v) is 1.80. The number of nitrogen functional groups attached to an aromatic ring is 2. The number of carbonyl (C=O) groups excluding carboxylic acids is 1.